The Hall–Kier alpha value is -1.73. The summed E-state index contributed by atoms with van der Waals surface area (Å²) >= 11 is 7.19. The lowest BCUT2D eigenvalue weighted by Crippen LogP contribution is -2.37. The molecule has 4 atom stereocenters. The summed E-state index contributed by atoms with van der Waals surface area (Å²) in [7, 11) is 0. The van der Waals surface area contributed by atoms with Gasteiger partial charge in [-0.1, -0.05) is 30.3 Å². The number of aliphatic hydroxyl groups is 2. The number of aliphatic carboxylic acids is 1. The number of aromatic nitrogens is 2. The number of nitro groups is 1. The number of anilines is 1. The number of rotatable bonds is 9. The number of carboxylic acids is 1. The average Bonchev–Trinajstić information content (AvgIpc) is 2.85. The van der Waals surface area contributed by atoms with Gasteiger partial charge in [0, 0.05) is 5.75 Å². The molecule has 13 heteroatoms. The summed E-state index contributed by atoms with van der Waals surface area (Å²) in [6.45, 7) is 1.31. The normalized spacial score (nSPS) is 24.7. The third-order valence-electron chi connectivity index (χ3n) is 3.81. The van der Waals surface area contributed by atoms with Crippen molar-refractivity contribution in [3.8, 4) is 0 Å². The van der Waals surface area contributed by atoms with Gasteiger partial charge in [0.15, 0.2) is 5.16 Å². The van der Waals surface area contributed by atoms with Gasteiger partial charge in [0.05, 0.1) is 17.1 Å². The number of thioether (sulfide) groups is 1. The third kappa shape index (κ3) is 5.39. The van der Waals surface area contributed by atoms with Crippen LogP contribution >= 0.6 is 23.4 Å². The van der Waals surface area contributed by atoms with Crippen LogP contribution in [0.4, 0.5) is 11.5 Å². The SMILES string of the molecule is CCCSc1nc(Cl)c([N+](=O)[O-])c(N[C@@H]2C[C@H](OCC(=O)O)[C@@H](O)[C@H]2O)n1. The van der Waals surface area contributed by atoms with E-state index in [-0.39, 0.29) is 22.5 Å². The van der Waals surface area contributed by atoms with Gasteiger partial charge in [0.25, 0.3) is 0 Å². The van der Waals surface area contributed by atoms with E-state index in [0.29, 0.717) is 5.75 Å². The summed E-state index contributed by atoms with van der Waals surface area (Å²) in [6.07, 6.45) is -2.79. The van der Waals surface area contributed by atoms with Crippen molar-refractivity contribution in [3.05, 3.63) is 15.3 Å². The molecule has 0 saturated heterocycles. The first-order chi connectivity index (χ1) is 12.7. The van der Waals surface area contributed by atoms with Crippen LogP contribution < -0.4 is 5.32 Å². The molecule has 0 bridgehead atoms. The van der Waals surface area contributed by atoms with E-state index >= 15 is 0 Å². The number of nitrogens with zero attached hydrogens (tertiary/aromatic N) is 3. The van der Waals surface area contributed by atoms with E-state index in [9.17, 15) is 25.1 Å². The molecule has 0 amide bonds. The van der Waals surface area contributed by atoms with Gasteiger partial charge in [-0.3, -0.25) is 10.1 Å². The smallest absolute Gasteiger partial charge is 0.348 e. The molecule has 1 heterocycles. The molecule has 27 heavy (non-hydrogen) atoms. The Morgan fingerprint density at radius 2 is 2.15 bits per heavy atom. The minimum Gasteiger partial charge on any atom is -0.480 e. The van der Waals surface area contributed by atoms with Crippen LogP contribution in [-0.2, 0) is 9.53 Å². The summed E-state index contributed by atoms with van der Waals surface area (Å²) in [5.41, 5.74) is -0.547. The first-order valence-electron chi connectivity index (χ1n) is 8.05. The molecule has 0 unspecified atom stereocenters. The van der Waals surface area contributed by atoms with Gasteiger partial charge in [-0.25, -0.2) is 9.78 Å². The average molecular weight is 423 g/mol. The standard InChI is InChI=1S/C14H19ClN4O7S/c1-2-3-27-14-17-12(15)9(19(24)25)13(18-14)16-6-4-7(11(23)10(6)22)26-5-8(20)21/h6-7,10-11,22-23H,2-5H2,1H3,(H,20,21)(H,16,17,18)/t6-,7+,10+,11-/m1/s1. The molecule has 2 rings (SSSR count). The molecule has 1 aromatic rings. The quantitative estimate of drug-likeness (QED) is 0.147. The maximum absolute atomic E-state index is 11.3. The second-order valence-corrected chi connectivity index (χ2v) is 7.23. The minimum absolute atomic E-state index is 0.0197. The minimum atomic E-state index is -1.35. The fourth-order valence-corrected chi connectivity index (χ4v) is 3.57. The zero-order valence-electron chi connectivity index (χ0n) is 14.2. The molecule has 1 aliphatic carbocycles. The van der Waals surface area contributed by atoms with E-state index in [1.165, 1.54) is 11.8 Å². The molecule has 11 nitrogen and oxygen atoms in total. The first-order valence-corrected chi connectivity index (χ1v) is 9.41. The molecule has 0 radical (unpaired) electrons. The topological polar surface area (TPSA) is 168 Å². The van der Waals surface area contributed by atoms with Crippen LogP contribution in [0.25, 0.3) is 0 Å². The van der Waals surface area contributed by atoms with Gasteiger partial charge in [-0.15, -0.1) is 0 Å². The Morgan fingerprint density at radius 3 is 2.74 bits per heavy atom. The monoisotopic (exact) mass is 422 g/mol. The van der Waals surface area contributed by atoms with Gasteiger partial charge in [-0.05, 0) is 12.8 Å². The van der Waals surface area contributed by atoms with Crippen molar-refractivity contribution in [3.63, 3.8) is 0 Å². The van der Waals surface area contributed by atoms with Gasteiger partial charge in [0.1, 0.15) is 18.8 Å². The summed E-state index contributed by atoms with van der Waals surface area (Å²) in [4.78, 5) is 29.2. The fourth-order valence-electron chi connectivity index (χ4n) is 2.58. The van der Waals surface area contributed by atoms with Gasteiger partial charge >= 0.3 is 11.7 Å². The van der Waals surface area contributed by atoms with Crippen molar-refractivity contribution in [2.24, 2.45) is 0 Å². The summed E-state index contributed by atoms with van der Waals surface area (Å²) in [5, 5.41) is 42.8. The summed E-state index contributed by atoms with van der Waals surface area (Å²) in [6, 6.07) is -0.854. The van der Waals surface area contributed by atoms with Crippen LogP contribution in [0.5, 0.6) is 0 Å². The Bertz CT molecular complexity index is 710. The highest BCUT2D eigenvalue weighted by molar-refractivity contribution is 7.99. The molecule has 1 fully saturated rings. The van der Waals surface area contributed by atoms with Gasteiger partial charge in [-0.2, -0.15) is 4.98 Å². The summed E-state index contributed by atoms with van der Waals surface area (Å²) < 4.78 is 5.05. The molecular formula is C14H19ClN4O7S. The van der Waals surface area contributed by atoms with Crippen molar-refractivity contribution in [2.75, 3.05) is 17.7 Å². The van der Waals surface area contributed by atoms with E-state index in [1.54, 1.807) is 0 Å². The van der Waals surface area contributed by atoms with Crippen molar-refractivity contribution < 1.29 is 29.8 Å². The molecule has 0 aliphatic heterocycles. The predicted octanol–water partition coefficient (Wildman–Crippen LogP) is 0.916. The zero-order valence-corrected chi connectivity index (χ0v) is 15.8. The molecule has 0 spiro atoms. The number of hydrogen-bond donors (Lipinski definition) is 4. The highest BCUT2D eigenvalue weighted by Gasteiger charge is 2.43. The molecule has 1 aliphatic rings. The maximum atomic E-state index is 11.3. The van der Waals surface area contributed by atoms with E-state index in [1.807, 2.05) is 6.92 Å². The van der Waals surface area contributed by atoms with Crippen molar-refractivity contribution in [2.45, 2.75) is 49.3 Å². The third-order valence-corrected chi connectivity index (χ3v) is 5.13. The molecule has 1 aromatic heterocycles. The van der Waals surface area contributed by atoms with Crippen LogP contribution in [0.15, 0.2) is 5.16 Å². The molecule has 4 N–H and O–H groups in total. The second-order valence-electron chi connectivity index (χ2n) is 5.81. The largest absolute Gasteiger partial charge is 0.480 e. The van der Waals surface area contributed by atoms with E-state index < -0.39 is 47.5 Å². The van der Waals surface area contributed by atoms with E-state index in [0.717, 1.165) is 6.42 Å². The van der Waals surface area contributed by atoms with Crippen LogP contribution in [0.2, 0.25) is 5.15 Å². The molecule has 150 valence electrons. The van der Waals surface area contributed by atoms with Crippen molar-refractivity contribution in [1.82, 2.24) is 9.97 Å². The lowest BCUT2D eigenvalue weighted by atomic mass is 10.2. The molecule has 0 aromatic carbocycles. The van der Waals surface area contributed by atoms with Crippen LogP contribution in [-0.4, -0.2) is 72.9 Å². The zero-order chi connectivity index (χ0) is 20.1. The maximum Gasteiger partial charge on any atom is 0.348 e. The molecular weight excluding hydrogens is 404 g/mol. The summed E-state index contributed by atoms with van der Waals surface area (Å²) in [5.74, 6) is -0.721. The Morgan fingerprint density at radius 1 is 1.44 bits per heavy atom. The first kappa shape index (κ1) is 21.6. The number of ether oxygens (including phenoxy) is 1. The van der Waals surface area contributed by atoms with Crippen LogP contribution in [0.1, 0.15) is 19.8 Å². The number of hydrogen-bond acceptors (Lipinski definition) is 10. The number of carbonyl (C=O) groups is 1. The Kier molecular flexibility index (Phi) is 7.56. The number of halogens is 1. The van der Waals surface area contributed by atoms with E-state index in [4.69, 9.17) is 21.4 Å². The van der Waals surface area contributed by atoms with Crippen LogP contribution in [0, 0.1) is 10.1 Å². The Balaban J connectivity index is 2.22. The van der Waals surface area contributed by atoms with Gasteiger partial charge < -0.3 is 25.4 Å². The van der Waals surface area contributed by atoms with Crippen molar-refractivity contribution >= 4 is 40.8 Å². The van der Waals surface area contributed by atoms with Crippen LogP contribution in [0.3, 0.4) is 0 Å². The number of nitrogens with one attached hydrogen (secondary N) is 1. The lowest BCUT2D eigenvalue weighted by molar-refractivity contribution is -0.384. The van der Waals surface area contributed by atoms with E-state index in [2.05, 4.69) is 15.3 Å². The highest BCUT2D eigenvalue weighted by atomic mass is 35.5. The Labute approximate surface area is 163 Å². The molecule has 1 saturated carbocycles. The predicted molar refractivity (Wildman–Crippen MR) is 96.1 cm³/mol. The highest BCUT2D eigenvalue weighted by Crippen LogP contribution is 2.35. The number of aliphatic hydroxyl groups excluding tert-OH is 2. The second kappa shape index (κ2) is 9.46. The van der Waals surface area contributed by atoms with Gasteiger partial charge in [0.2, 0.25) is 11.0 Å². The number of carboxylic acid groups (broad SMARTS) is 1. The fraction of sp³-hybridized carbons (Fsp3) is 0.643. The lowest BCUT2D eigenvalue weighted by Gasteiger charge is -2.18. The van der Waals surface area contributed by atoms with Crippen molar-refractivity contribution in [1.29, 1.82) is 0 Å².